The molecule has 0 spiro atoms. The van der Waals surface area contributed by atoms with Crippen LogP contribution in [0.4, 0.5) is 0 Å². The third kappa shape index (κ3) is 3.59. The van der Waals surface area contributed by atoms with Gasteiger partial charge in [-0.1, -0.05) is 27.7 Å². The lowest BCUT2D eigenvalue weighted by Crippen LogP contribution is -2.55. The van der Waals surface area contributed by atoms with Crippen molar-refractivity contribution in [3.05, 3.63) is 0 Å². The van der Waals surface area contributed by atoms with Gasteiger partial charge in [-0.3, -0.25) is 4.79 Å². The van der Waals surface area contributed by atoms with Crippen LogP contribution in [0.15, 0.2) is 0 Å². The maximum absolute atomic E-state index is 12.8. The second kappa shape index (κ2) is 6.66. The van der Waals surface area contributed by atoms with Crippen LogP contribution in [0.5, 0.6) is 0 Å². The number of piperidine rings is 1. The monoisotopic (exact) mass is 295 g/mol. The Labute approximate surface area is 129 Å². The van der Waals surface area contributed by atoms with Crippen molar-refractivity contribution in [1.82, 2.24) is 10.2 Å². The molecule has 1 aliphatic carbocycles. The molecule has 4 nitrogen and oxygen atoms in total. The first-order chi connectivity index (χ1) is 9.86. The van der Waals surface area contributed by atoms with E-state index in [1.54, 1.807) is 0 Å². The highest BCUT2D eigenvalue weighted by molar-refractivity contribution is 5.80. The van der Waals surface area contributed by atoms with Crippen LogP contribution in [0.3, 0.4) is 0 Å². The molecule has 1 amide bonds. The van der Waals surface area contributed by atoms with Crippen LogP contribution in [-0.4, -0.2) is 42.5 Å². The van der Waals surface area contributed by atoms with Gasteiger partial charge in [-0.15, -0.1) is 0 Å². The van der Waals surface area contributed by atoms with Crippen LogP contribution < -0.4 is 11.1 Å². The number of carbonyl (C=O) groups is 1. The Hall–Kier alpha value is -0.610. The Kier molecular flexibility index (Phi) is 5.31. The Morgan fingerprint density at radius 1 is 1.33 bits per heavy atom. The highest BCUT2D eigenvalue weighted by Crippen LogP contribution is 2.44. The Bertz CT molecular complexity index is 369. The van der Waals surface area contributed by atoms with E-state index in [1.165, 1.54) is 13.0 Å². The average Bonchev–Trinajstić information content (AvgIpc) is 2.45. The van der Waals surface area contributed by atoms with E-state index in [0.29, 0.717) is 12.0 Å². The molecule has 1 saturated carbocycles. The molecule has 4 unspecified atom stereocenters. The van der Waals surface area contributed by atoms with E-state index >= 15 is 0 Å². The van der Waals surface area contributed by atoms with Gasteiger partial charge in [0, 0.05) is 24.5 Å². The van der Waals surface area contributed by atoms with Crippen molar-refractivity contribution in [2.45, 2.75) is 65.5 Å². The molecule has 2 rings (SSSR count). The van der Waals surface area contributed by atoms with Crippen LogP contribution in [-0.2, 0) is 4.79 Å². The van der Waals surface area contributed by atoms with Crippen molar-refractivity contribution in [3.63, 3.8) is 0 Å². The minimum atomic E-state index is -0.0130. The minimum absolute atomic E-state index is 0.0130. The molecule has 0 aromatic carbocycles. The van der Waals surface area contributed by atoms with Gasteiger partial charge in [-0.25, -0.2) is 0 Å². The van der Waals surface area contributed by atoms with E-state index in [-0.39, 0.29) is 23.3 Å². The fraction of sp³-hybridized carbons (Fsp3) is 0.941. The van der Waals surface area contributed by atoms with E-state index in [2.05, 4.69) is 37.9 Å². The zero-order valence-electron chi connectivity index (χ0n) is 14.2. The van der Waals surface area contributed by atoms with Gasteiger partial charge in [0.2, 0.25) is 5.91 Å². The number of nitrogens with one attached hydrogen (secondary N) is 1. The van der Waals surface area contributed by atoms with Crippen molar-refractivity contribution in [3.8, 4) is 0 Å². The lowest BCUT2D eigenvalue weighted by molar-refractivity contribution is -0.133. The molecule has 1 aliphatic heterocycles. The predicted molar refractivity (Wildman–Crippen MR) is 86.9 cm³/mol. The van der Waals surface area contributed by atoms with Gasteiger partial charge in [0.25, 0.3) is 0 Å². The summed E-state index contributed by atoms with van der Waals surface area (Å²) in [6.07, 6.45) is 4.20. The number of nitrogens with zero attached hydrogens (tertiary/aromatic N) is 1. The molecule has 2 fully saturated rings. The minimum Gasteiger partial charge on any atom is -0.352 e. The van der Waals surface area contributed by atoms with E-state index in [1.807, 2.05) is 0 Å². The molecule has 4 atom stereocenters. The van der Waals surface area contributed by atoms with Crippen molar-refractivity contribution in [1.29, 1.82) is 0 Å². The number of rotatable bonds is 3. The van der Waals surface area contributed by atoms with Gasteiger partial charge in [0.1, 0.15) is 0 Å². The SMILES string of the molecule is CCN1CCCC(NC(=O)C2CCC(N)C(C)C2(C)C)C1. The van der Waals surface area contributed by atoms with E-state index < -0.39 is 0 Å². The maximum atomic E-state index is 12.8. The summed E-state index contributed by atoms with van der Waals surface area (Å²) >= 11 is 0. The topological polar surface area (TPSA) is 58.4 Å². The summed E-state index contributed by atoms with van der Waals surface area (Å²) in [6.45, 7) is 12.1. The quantitative estimate of drug-likeness (QED) is 0.837. The maximum Gasteiger partial charge on any atom is 0.223 e. The number of hydrogen-bond acceptors (Lipinski definition) is 3. The first kappa shape index (κ1) is 16.8. The molecule has 0 radical (unpaired) electrons. The molecule has 1 saturated heterocycles. The highest BCUT2D eigenvalue weighted by Gasteiger charge is 2.45. The van der Waals surface area contributed by atoms with Crippen molar-refractivity contribution < 1.29 is 4.79 Å². The number of carbonyl (C=O) groups excluding carboxylic acids is 1. The molecule has 122 valence electrons. The molecule has 0 aromatic heterocycles. The summed E-state index contributed by atoms with van der Waals surface area (Å²) < 4.78 is 0. The number of likely N-dealkylation sites (tertiary alicyclic amines) is 1. The Balaban J connectivity index is 1.96. The second-order valence-electron chi connectivity index (χ2n) is 7.64. The van der Waals surface area contributed by atoms with E-state index in [4.69, 9.17) is 5.73 Å². The Morgan fingerprint density at radius 3 is 2.71 bits per heavy atom. The molecule has 0 aromatic rings. The summed E-state index contributed by atoms with van der Waals surface area (Å²) in [5.41, 5.74) is 6.19. The molecular formula is C17H33N3O. The van der Waals surface area contributed by atoms with Crippen LogP contribution >= 0.6 is 0 Å². The molecular weight excluding hydrogens is 262 g/mol. The van der Waals surface area contributed by atoms with E-state index in [9.17, 15) is 4.79 Å². The van der Waals surface area contributed by atoms with Crippen LogP contribution in [0.25, 0.3) is 0 Å². The summed E-state index contributed by atoms with van der Waals surface area (Å²) in [6, 6.07) is 0.558. The molecule has 2 aliphatic rings. The largest absolute Gasteiger partial charge is 0.352 e. The van der Waals surface area contributed by atoms with Crippen LogP contribution in [0, 0.1) is 17.3 Å². The zero-order valence-corrected chi connectivity index (χ0v) is 14.2. The molecule has 4 heteroatoms. The summed E-state index contributed by atoms with van der Waals surface area (Å²) in [5.74, 6) is 0.742. The lowest BCUT2D eigenvalue weighted by Gasteiger charge is -2.46. The fourth-order valence-corrected chi connectivity index (χ4v) is 4.08. The molecule has 21 heavy (non-hydrogen) atoms. The molecule has 0 bridgehead atoms. The lowest BCUT2D eigenvalue weighted by atomic mass is 9.61. The van der Waals surface area contributed by atoms with Gasteiger partial charge in [0.15, 0.2) is 0 Å². The number of amides is 1. The first-order valence-electron chi connectivity index (χ1n) is 8.64. The third-order valence-corrected chi connectivity index (χ3v) is 6.12. The van der Waals surface area contributed by atoms with Crippen LogP contribution in [0.1, 0.15) is 53.4 Å². The predicted octanol–water partition coefficient (Wildman–Crippen LogP) is 1.99. The van der Waals surface area contributed by atoms with E-state index in [0.717, 1.165) is 32.4 Å². The Morgan fingerprint density at radius 2 is 2.05 bits per heavy atom. The standard InChI is InChI=1S/C17H33N3O/c1-5-20-10-6-7-13(11-20)19-16(21)14-8-9-15(18)12(2)17(14,3)4/h12-15H,5-11,18H2,1-4H3,(H,19,21). The second-order valence-corrected chi connectivity index (χ2v) is 7.64. The number of nitrogens with two attached hydrogens (primary N) is 1. The summed E-state index contributed by atoms with van der Waals surface area (Å²) in [7, 11) is 0. The third-order valence-electron chi connectivity index (χ3n) is 6.12. The number of likely N-dealkylation sites (N-methyl/N-ethyl adjacent to an activating group) is 1. The van der Waals surface area contributed by atoms with Gasteiger partial charge in [0.05, 0.1) is 0 Å². The highest BCUT2D eigenvalue weighted by atomic mass is 16.2. The smallest absolute Gasteiger partial charge is 0.223 e. The van der Waals surface area contributed by atoms with Gasteiger partial charge >= 0.3 is 0 Å². The number of hydrogen-bond donors (Lipinski definition) is 2. The summed E-state index contributed by atoms with van der Waals surface area (Å²) in [4.78, 5) is 15.2. The van der Waals surface area contributed by atoms with Crippen molar-refractivity contribution in [2.75, 3.05) is 19.6 Å². The van der Waals surface area contributed by atoms with Gasteiger partial charge in [-0.05, 0) is 50.1 Å². The normalized spacial score (nSPS) is 37.2. The van der Waals surface area contributed by atoms with Crippen molar-refractivity contribution >= 4 is 5.91 Å². The zero-order chi connectivity index (χ0) is 15.6. The molecule has 1 heterocycles. The summed E-state index contributed by atoms with van der Waals surface area (Å²) in [5, 5.41) is 3.32. The van der Waals surface area contributed by atoms with Crippen molar-refractivity contribution in [2.24, 2.45) is 23.0 Å². The molecule has 3 N–H and O–H groups in total. The average molecular weight is 295 g/mol. The van der Waals surface area contributed by atoms with Gasteiger partial charge in [-0.2, -0.15) is 0 Å². The van der Waals surface area contributed by atoms with Crippen LogP contribution in [0.2, 0.25) is 0 Å². The van der Waals surface area contributed by atoms with Gasteiger partial charge < -0.3 is 16.0 Å². The first-order valence-corrected chi connectivity index (χ1v) is 8.64. The fourth-order valence-electron chi connectivity index (χ4n) is 4.08.